The van der Waals surface area contributed by atoms with E-state index < -0.39 is 0 Å². The standard InChI is InChI=1S/C20H28N2O/c1-17-9-18(2)11-19(3,10-17)14-20(12-17,13-18)16(23)22-8-15-5-4-6-21-7-15/h4-7H,8-14H2,1-3H3,(H,22,23). The first-order valence-corrected chi connectivity index (χ1v) is 8.91. The summed E-state index contributed by atoms with van der Waals surface area (Å²) < 4.78 is 0. The molecule has 124 valence electrons. The van der Waals surface area contributed by atoms with Crippen molar-refractivity contribution in [3.05, 3.63) is 30.1 Å². The van der Waals surface area contributed by atoms with Crippen molar-refractivity contribution < 1.29 is 4.79 Å². The van der Waals surface area contributed by atoms with Gasteiger partial charge < -0.3 is 5.32 Å². The van der Waals surface area contributed by atoms with Gasteiger partial charge in [0.15, 0.2) is 0 Å². The predicted molar refractivity (Wildman–Crippen MR) is 90.5 cm³/mol. The Morgan fingerprint density at radius 1 is 1.04 bits per heavy atom. The van der Waals surface area contributed by atoms with E-state index in [4.69, 9.17) is 0 Å². The summed E-state index contributed by atoms with van der Waals surface area (Å²) in [5.41, 5.74) is 1.99. The maximum absolute atomic E-state index is 13.2. The van der Waals surface area contributed by atoms with Crippen LogP contribution in [-0.2, 0) is 11.3 Å². The molecule has 1 amide bonds. The fraction of sp³-hybridized carbons (Fsp3) is 0.700. The van der Waals surface area contributed by atoms with Crippen molar-refractivity contribution in [3.8, 4) is 0 Å². The monoisotopic (exact) mass is 312 g/mol. The van der Waals surface area contributed by atoms with Crippen LogP contribution >= 0.6 is 0 Å². The summed E-state index contributed by atoms with van der Waals surface area (Å²) in [5, 5.41) is 3.23. The quantitative estimate of drug-likeness (QED) is 0.913. The van der Waals surface area contributed by atoms with Gasteiger partial charge in [0.1, 0.15) is 0 Å². The molecule has 0 spiro atoms. The molecule has 1 aromatic rings. The molecular weight excluding hydrogens is 284 g/mol. The van der Waals surface area contributed by atoms with E-state index in [1.807, 2.05) is 18.3 Å². The van der Waals surface area contributed by atoms with E-state index in [9.17, 15) is 4.79 Å². The molecule has 3 heteroatoms. The number of pyridine rings is 1. The molecular formula is C20H28N2O. The van der Waals surface area contributed by atoms with Crippen LogP contribution in [0.2, 0.25) is 0 Å². The number of rotatable bonds is 3. The first kappa shape index (κ1) is 15.2. The Bertz CT molecular complexity index is 585. The largest absolute Gasteiger partial charge is 0.351 e. The highest BCUT2D eigenvalue weighted by Crippen LogP contribution is 2.73. The Hall–Kier alpha value is -1.38. The van der Waals surface area contributed by atoms with Crippen LogP contribution in [0.1, 0.15) is 64.9 Å². The van der Waals surface area contributed by atoms with E-state index in [0.717, 1.165) is 24.8 Å². The maximum Gasteiger partial charge on any atom is 0.226 e. The van der Waals surface area contributed by atoms with Crippen molar-refractivity contribution in [2.75, 3.05) is 0 Å². The number of carbonyl (C=O) groups excluding carboxylic acids is 1. The maximum atomic E-state index is 13.2. The van der Waals surface area contributed by atoms with Gasteiger partial charge in [0.25, 0.3) is 0 Å². The van der Waals surface area contributed by atoms with Crippen LogP contribution in [0.3, 0.4) is 0 Å². The van der Waals surface area contributed by atoms with Crippen LogP contribution in [-0.4, -0.2) is 10.9 Å². The van der Waals surface area contributed by atoms with Gasteiger partial charge >= 0.3 is 0 Å². The Morgan fingerprint density at radius 2 is 1.61 bits per heavy atom. The van der Waals surface area contributed by atoms with Crippen molar-refractivity contribution in [2.24, 2.45) is 21.7 Å². The first-order chi connectivity index (χ1) is 10.7. The average Bonchev–Trinajstić information content (AvgIpc) is 2.40. The van der Waals surface area contributed by atoms with Crippen LogP contribution in [0, 0.1) is 21.7 Å². The molecule has 0 saturated heterocycles. The van der Waals surface area contributed by atoms with Gasteiger partial charge in [-0.25, -0.2) is 0 Å². The number of amides is 1. The second kappa shape index (κ2) is 4.58. The van der Waals surface area contributed by atoms with Crippen molar-refractivity contribution in [3.63, 3.8) is 0 Å². The molecule has 4 aliphatic carbocycles. The minimum atomic E-state index is -0.144. The zero-order chi connectivity index (χ0) is 16.3. The normalized spacial score (nSPS) is 44.3. The Balaban J connectivity index is 1.57. The summed E-state index contributed by atoms with van der Waals surface area (Å²) in [5.74, 6) is 0.282. The zero-order valence-corrected chi connectivity index (χ0v) is 14.6. The van der Waals surface area contributed by atoms with Gasteiger partial charge in [-0.05, 0) is 66.4 Å². The molecule has 4 fully saturated rings. The Morgan fingerprint density at radius 3 is 2.09 bits per heavy atom. The lowest BCUT2D eigenvalue weighted by Gasteiger charge is -2.68. The molecule has 4 saturated carbocycles. The third kappa shape index (κ3) is 2.49. The molecule has 5 rings (SSSR count). The van der Waals surface area contributed by atoms with E-state index in [-0.39, 0.29) is 11.3 Å². The Labute approximate surface area is 139 Å². The lowest BCUT2D eigenvalue weighted by molar-refractivity contribution is -0.191. The molecule has 3 nitrogen and oxygen atoms in total. The van der Waals surface area contributed by atoms with E-state index in [0.29, 0.717) is 22.8 Å². The number of hydrogen-bond acceptors (Lipinski definition) is 2. The van der Waals surface area contributed by atoms with E-state index in [2.05, 4.69) is 31.1 Å². The summed E-state index contributed by atoms with van der Waals surface area (Å²) in [6.45, 7) is 7.86. The number of nitrogens with one attached hydrogen (secondary N) is 1. The van der Waals surface area contributed by atoms with E-state index >= 15 is 0 Å². The number of hydrogen-bond donors (Lipinski definition) is 1. The third-order valence-electron chi connectivity index (χ3n) is 6.51. The highest BCUT2D eigenvalue weighted by Gasteiger charge is 2.66. The first-order valence-electron chi connectivity index (χ1n) is 8.91. The Kier molecular flexibility index (Phi) is 3.02. The van der Waals surface area contributed by atoms with Gasteiger partial charge in [-0.15, -0.1) is 0 Å². The van der Waals surface area contributed by atoms with E-state index in [1.54, 1.807) is 6.20 Å². The fourth-order valence-corrected chi connectivity index (χ4v) is 7.41. The lowest BCUT2D eigenvalue weighted by Crippen LogP contribution is -2.62. The van der Waals surface area contributed by atoms with Crippen molar-refractivity contribution in [1.29, 1.82) is 0 Å². The molecule has 0 atom stereocenters. The molecule has 4 aliphatic rings. The van der Waals surface area contributed by atoms with E-state index in [1.165, 1.54) is 19.3 Å². The minimum Gasteiger partial charge on any atom is -0.351 e. The molecule has 0 aromatic carbocycles. The summed E-state index contributed by atoms with van der Waals surface area (Å²) in [6.07, 6.45) is 10.7. The van der Waals surface area contributed by atoms with Crippen LogP contribution in [0.5, 0.6) is 0 Å². The molecule has 23 heavy (non-hydrogen) atoms. The van der Waals surface area contributed by atoms with Crippen molar-refractivity contribution in [2.45, 2.75) is 65.8 Å². The molecule has 0 unspecified atom stereocenters. The minimum absolute atomic E-state index is 0.144. The van der Waals surface area contributed by atoms with Gasteiger partial charge in [-0.2, -0.15) is 0 Å². The molecule has 1 N–H and O–H groups in total. The average molecular weight is 312 g/mol. The summed E-state index contributed by atoms with van der Waals surface area (Å²) >= 11 is 0. The summed E-state index contributed by atoms with van der Waals surface area (Å²) in [6, 6.07) is 3.95. The molecule has 1 aromatic heterocycles. The highest BCUT2D eigenvalue weighted by atomic mass is 16.2. The topological polar surface area (TPSA) is 42.0 Å². The van der Waals surface area contributed by atoms with Crippen LogP contribution < -0.4 is 5.32 Å². The van der Waals surface area contributed by atoms with Gasteiger partial charge in [0.2, 0.25) is 5.91 Å². The van der Waals surface area contributed by atoms with Crippen molar-refractivity contribution >= 4 is 5.91 Å². The van der Waals surface area contributed by atoms with Crippen molar-refractivity contribution in [1.82, 2.24) is 10.3 Å². The second-order valence-corrected chi connectivity index (χ2v) is 9.82. The number of nitrogens with zero attached hydrogens (tertiary/aromatic N) is 1. The van der Waals surface area contributed by atoms with Crippen LogP contribution in [0.4, 0.5) is 0 Å². The van der Waals surface area contributed by atoms with Gasteiger partial charge in [0.05, 0.1) is 5.41 Å². The third-order valence-corrected chi connectivity index (χ3v) is 6.51. The van der Waals surface area contributed by atoms with Gasteiger partial charge in [0, 0.05) is 18.9 Å². The second-order valence-electron chi connectivity index (χ2n) is 9.82. The SMILES string of the molecule is CC12CC3(C)CC(C)(C1)CC(C(=O)NCc1cccnc1)(C2)C3. The number of aromatic nitrogens is 1. The smallest absolute Gasteiger partial charge is 0.226 e. The molecule has 0 radical (unpaired) electrons. The van der Waals surface area contributed by atoms with Crippen LogP contribution in [0.15, 0.2) is 24.5 Å². The lowest BCUT2D eigenvalue weighted by atomic mass is 9.36. The highest BCUT2D eigenvalue weighted by molar-refractivity contribution is 5.83. The van der Waals surface area contributed by atoms with Gasteiger partial charge in [-0.1, -0.05) is 26.8 Å². The van der Waals surface area contributed by atoms with Crippen LogP contribution in [0.25, 0.3) is 0 Å². The van der Waals surface area contributed by atoms with Gasteiger partial charge in [-0.3, -0.25) is 9.78 Å². The fourth-order valence-electron chi connectivity index (χ4n) is 7.41. The molecule has 0 aliphatic heterocycles. The number of carbonyl (C=O) groups is 1. The molecule has 4 bridgehead atoms. The summed E-state index contributed by atoms with van der Waals surface area (Å²) in [4.78, 5) is 17.3. The molecule has 1 heterocycles. The predicted octanol–water partition coefficient (Wildman–Crippen LogP) is 4.08. The zero-order valence-electron chi connectivity index (χ0n) is 14.6. The summed E-state index contributed by atoms with van der Waals surface area (Å²) in [7, 11) is 0.